The highest BCUT2D eigenvalue weighted by atomic mass is 16.3. The zero-order chi connectivity index (χ0) is 27.7. The summed E-state index contributed by atoms with van der Waals surface area (Å²) in [6, 6.07) is 11.7. The average Bonchev–Trinajstić information content (AvgIpc) is 3.17. The summed E-state index contributed by atoms with van der Waals surface area (Å²) in [4.78, 5) is 67.1. The monoisotopic (exact) mass is 521 g/mol. The molecule has 0 aromatic heterocycles. The number of rotatable bonds is 3. The zero-order valence-corrected chi connectivity index (χ0v) is 21.9. The summed E-state index contributed by atoms with van der Waals surface area (Å²) in [6.07, 6.45) is 3.77. The molecule has 2 amide bonds. The van der Waals surface area contributed by atoms with E-state index < -0.39 is 23.7 Å². The lowest BCUT2D eigenvalue weighted by atomic mass is 9.59. The molecule has 1 N–H and O–H groups in total. The summed E-state index contributed by atoms with van der Waals surface area (Å²) in [5.41, 5.74) is 3.87. The van der Waals surface area contributed by atoms with Crippen LogP contribution in [0.4, 0.5) is 5.69 Å². The largest absolute Gasteiger partial charge is 0.507 e. The van der Waals surface area contributed by atoms with Crippen LogP contribution >= 0.6 is 0 Å². The molecule has 1 saturated heterocycles. The molecule has 3 aliphatic carbocycles. The summed E-state index contributed by atoms with van der Waals surface area (Å²) in [5, 5.41) is 11.1. The number of imide groups is 1. The van der Waals surface area contributed by atoms with Crippen LogP contribution in [-0.4, -0.2) is 34.3 Å². The number of phenolic OH excluding ortho intramolecular Hbond substituents is 1. The Balaban J connectivity index is 1.47. The molecule has 0 spiro atoms. The van der Waals surface area contributed by atoms with E-state index >= 15 is 0 Å². The Morgan fingerprint density at radius 1 is 0.949 bits per heavy atom. The predicted molar refractivity (Wildman–Crippen MR) is 143 cm³/mol. The number of fused-ring (bicyclic) bond motifs is 3. The van der Waals surface area contributed by atoms with E-state index in [1.54, 1.807) is 56.3 Å². The lowest BCUT2D eigenvalue weighted by Gasteiger charge is -2.42. The van der Waals surface area contributed by atoms with Gasteiger partial charge in [-0.1, -0.05) is 29.8 Å². The molecule has 1 aliphatic heterocycles. The number of aryl methyl sites for hydroxylation is 1. The second kappa shape index (κ2) is 8.83. The minimum absolute atomic E-state index is 0.0468. The SMILES string of the molecule is CC(=O)c1ccc(N2C(=O)C3CC=C4C(c5cccc(C)c5O)C5=C(CC4C3C2=O)C(=O)C(C)=CC5=O)cc1. The molecule has 7 heteroatoms. The van der Waals surface area contributed by atoms with Gasteiger partial charge < -0.3 is 5.11 Å². The van der Waals surface area contributed by atoms with E-state index in [1.165, 1.54) is 17.9 Å². The van der Waals surface area contributed by atoms with Crippen molar-refractivity contribution in [3.63, 3.8) is 0 Å². The van der Waals surface area contributed by atoms with Gasteiger partial charge in [0.2, 0.25) is 11.8 Å². The van der Waals surface area contributed by atoms with Crippen LogP contribution in [0.5, 0.6) is 5.75 Å². The zero-order valence-electron chi connectivity index (χ0n) is 21.9. The van der Waals surface area contributed by atoms with Crippen molar-refractivity contribution in [3.05, 3.63) is 93.6 Å². The third-order valence-electron chi connectivity index (χ3n) is 8.67. The standard InChI is InChI=1S/C32H27NO6/c1-15-5-4-6-21(29(15)36)26-20-11-12-22-27(23(20)14-24-28(26)25(35)13-16(2)30(24)37)32(39)33(31(22)38)19-9-7-18(8-10-19)17(3)34/h4-11,13,22-23,26-27,36H,12,14H2,1-3H3. The molecule has 4 aliphatic rings. The fourth-order valence-electron chi connectivity index (χ4n) is 6.75. The molecule has 0 saturated carbocycles. The number of hydrogen-bond acceptors (Lipinski definition) is 6. The number of carbonyl (C=O) groups is 5. The topological polar surface area (TPSA) is 109 Å². The lowest BCUT2D eigenvalue weighted by molar-refractivity contribution is -0.123. The maximum atomic E-state index is 13.9. The third-order valence-corrected chi connectivity index (χ3v) is 8.67. The number of para-hydroxylation sites is 1. The van der Waals surface area contributed by atoms with E-state index in [-0.39, 0.29) is 41.3 Å². The molecule has 6 rings (SSSR count). The minimum atomic E-state index is -0.706. The smallest absolute Gasteiger partial charge is 0.238 e. The van der Waals surface area contributed by atoms with E-state index in [0.717, 1.165) is 5.57 Å². The van der Waals surface area contributed by atoms with Crippen molar-refractivity contribution in [3.8, 4) is 5.75 Å². The van der Waals surface area contributed by atoms with E-state index in [9.17, 15) is 29.1 Å². The van der Waals surface area contributed by atoms with Crippen LogP contribution in [-0.2, 0) is 19.2 Å². The molecule has 1 fully saturated rings. The Hall–Kier alpha value is -4.39. The summed E-state index contributed by atoms with van der Waals surface area (Å²) in [7, 11) is 0. The number of benzene rings is 2. The van der Waals surface area contributed by atoms with E-state index in [0.29, 0.717) is 45.5 Å². The Morgan fingerprint density at radius 2 is 1.67 bits per heavy atom. The molecule has 196 valence electrons. The molecule has 0 bridgehead atoms. The number of aromatic hydroxyl groups is 1. The number of Topliss-reactive ketones (excluding diaryl/α,β-unsaturated/α-hetero) is 2. The van der Waals surface area contributed by atoms with Gasteiger partial charge in [-0.2, -0.15) is 0 Å². The quantitative estimate of drug-likeness (QED) is 0.275. The summed E-state index contributed by atoms with van der Waals surface area (Å²) < 4.78 is 0. The van der Waals surface area contributed by atoms with E-state index in [4.69, 9.17) is 0 Å². The number of amides is 2. The van der Waals surface area contributed by atoms with Crippen LogP contribution in [0.2, 0.25) is 0 Å². The highest BCUT2D eigenvalue weighted by Crippen LogP contribution is 2.56. The first-order valence-corrected chi connectivity index (χ1v) is 13.1. The first-order valence-electron chi connectivity index (χ1n) is 13.1. The molecular formula is C32H27NO6. The van der Waals surface area contributed by atoms with Crippen molar-refractivity contribution in [1.29, 1.82) is 0 Å². The van der Waals surface area contributed by atoms with Crippen LogP contribution in [0.25, 0.3) is 0 Å². The van der Waals surface area contributed by atoms with E-state index in [2.05, 4.69) is 0 Å². The molecule has 4 unspecified atom stereocenters. The van der Waals surface area contributed by atoms with Gasteiger partial charge in [0.25, 0.3) is 0 Å². The van der Waals surface area contributed by atoms with Crippen LogP contribution < -0.4 is 4.90 Å². The fourth-order valence-corrected chi connectivity index (χ4v) is 6.75. The minimum Gasteiger partial charge on any atom is -0.507 e. The van der Waals surface area contributed by atoms with Crippen molar-refractivity contribution in [2.45, 2.75) is 39.5 Å². The summed E-state index contributed by atoms with van der Waals surface area (Å²) in [5.74, 6) is -3.71. The lowest BCUT2D eigenvalue weighted by Crippen LogP contribution is -2.39. The van der Waals surface area contributed by atoms with Gasteiger partial charge in [-0.15, -0.1) is 0 Å². The molecular weight excluding hydrogens is 494 g/mol. The highest BCUT2D eigenvalue weighted by molar-refractivity contribution is 6.25. The van der Waals surface area contributed by atoms with Crippen molar-refractivity contribution in [2.24, 2.45) is 17.8 Å². The van der Waals surface area contributed by atoms with Gasteiger partial charge in [-0.3, -0.25) is 28.9 Å². The number of ketones is 3. The van der Waals surface area contributed by atoms with Crippen LogP contribution in [0.1, 0.15) is 54.1 Å². The molecule has 1 heterocycles. The molecule has 2 aromatic rings. The third kappa shape index (κ3) is 3.60. The van der Waals surface area contributed by atoms with Crippen molar-refractivity contribution < 1.29 is 29.1 Å². The van der Waals surface area contributed by atoms with Gasteiger partial charge in [0.05, 0.1) is 17.5 Å². The number of hydrogen-bond donors (Lipinski definition) is 1. The first-order chi connectivity index (χ1) is 18.6. The van der Waals surface area contributed by atoms with Gasteiger partial charge in [0, 0.05) is 33.8 Å². The number of anilines is 1. The Kier molecular flexibility index (Phi) is 5.64. The summed E-state index contributed by atoms with van der Waals surface area (Å²) in [6.45, 7) is 4.83. The normalized spacial score (nSPS) is 26.2. The predicted octanol–water partition coefficient (Wildman–Crippen LogP) is 4.54. The second-order valence-electron chi connectivity index (χ2n) is 10.9. The van der Waals surface area contributed by atoms with Crippen molar-refractivity contribution in [1.82, 2.24) is 0 Å². The van der Waals surface area contributed by atoms with Crippen molar-refractivity contribution in [2.75, 3.05) is 4.90 Å². The maximum Gasteiger partial charge on any atom is 0.238 e. The average molecular weight is 522 g/mol. The van der Waals surface area contributed by atoms with Gasteiger partial charge in [-0.05, 0) is 75.4 Å². The van der Waals surface area contributed by atoms with E-state index in [1.807, 2.05) is 6.08 Å². The fraction of sp³-hybridized carbons (Fsp3) is 0.281. The van der Waals surface area contributed by atoms with Gasteiger partial charge >= 0.3 is 0 Å². The molecule has 2 aromatic carbocycles. The number of phenols is 1. The Labute approximate surface area is 225 Å². The van der Waals surface area contributed by atoms with Gasteiger partial charge in [0.1, 0.15) is 5.75 Å². The number of carbonyl (C=O) groups excluding carboxylic acids is 5. The number of nitrogens with zero attached hydrogens (tertiary/aromatic N) is 1. The molecule has 39 heavy (non-hydrogen) atoms. The summed E-state index contributed by atoms with van der Waals surface area (Å²) >= 11 is 0. The van der Waals surface area contributed by atoms with Crippen LogP contribution in [0.3, 0.4) is 0 Å². The molecule has 7 nitrogen and oxygen atoms in total. The molecule has 0 radical (unpaired) electrons. The van der Waals surface area contributed by atoms with Crippen molar-refractivity contribution >= 4 is 34.9 Å². The van der Waals surface area contributed by atoms with Gasteiger partial charge in [0.15, 0.2) is 17.3 Å². The van der Waals surface area contributed by atoms with Gasteiger partial charge in [-0.25, -0.2) is 0 Å². The van der Waals surface area contributed by atoms with Crippen LogP contribution in [0, 0.1) is 24.7 Å². The second-order valence-corrected chi connectivity index (χ2v) is 10.9. The first kappa shape index (κ1) is 24.9. The maximum absolute atomic E-state index is 13.9. The molecule has 4 atom stereocenters. The van der Waals surface area contributed by atoms with Crippen LogP contribution in [0.15, 0.2) is 76.9 Å². The Bertz CT molecular complexity index is 1610. The highest BCUT2D eigenvalue weighted by Gasteiger charge is 2.56. The Morgan fingerprint density at radius 3 is 2.36 bits per heavy atom. The number of allylic oxidation sites excluding steroid dienone is 6.